The molecule has 0 saturated heterocycles. The van der Waals surface area contributed by atoms with Crippen molar-refractivity contribution in [3.8, 4) is 0 Å². The number of pyridine rings is 1. The Balaban J connectivity index is 2.94. The molecule has 1 rings (SSSR count). The van der Waals surface area contributed by atoms with Crippen LogP contribution in [-0.4, -0.2) is 22.3 Å². The maximum atomic E-state index is 4.78. The zero-order valence-electron chi connectivity index (χ0n) is 13.5. The third kappa shape index (κ3) is 5.20. The first-order valence-corrected chi connectivity index (χ1v) is 8.54. The van der Waals surface area contributed by atoms with E-state index in [1.54, 1.807) is 0 Å². The number of hydrogen-bond acceptors (Lipinski definition) is 2. The van der Waals surface area contributed by atoms with Gasteiger partial charge in [-0.2, -0.15) is 0 Å². The van der Waals surface area contributed by atoms with Crippen LogP contribution in [0.25, 0.3) is 0 Å². The zero-order chi connectivity index (χ0) is 14.7. The summed E-state index contributed by atoms with van der Waals surface area (Å²) < 4.78 is 0. The first kappa shape index (κ1) is 16.6. The molecule has 0 aromatic carbocycles. The van der Waals surface area contributed by atoms with Crippen molar-refractivity contribution in [2.75, 3.05) is 7.05 Å². The van der Waals surface area contributed by atoms with Gasteiger partial charge in [0.2, 0.25) is 0 Å². The Morgan fingerprint density at radius 1 is 1.00 bits per heavy atom. The number of nitrogens with one attached hydrogen (secondary N) is 1. The Morgan fingerprint density at radius 2 is 1.53 bits per heavy atom. The molecule has 0 spiro atoms. The molecule has 1 aromatic heterocycles. The molecule has 0 aliphatic heterocycles. The van der Waals surface area contributed by atoms with Crippen LogP contribution in [0.3, 0.4) is 0 Å². The van der Waals surface area contributed by atoms with Crippen LogP contribution in [-0.2, 0) is 12.7 Å². The molecule has 2 nitrogen and oxygen atoms in total. The highest BCUT2D eigenvalue weighted by Crippen LogP contribution is 2.60. The highest BCUT2D eigenvalue weighted by atomic mass is 31.1. The second kappa shape index (κ2) is 6.33. The van der Waals surface area contributed by atoms with Gasteiger partial charge in [0.25, 0.3) is 0 Å². The van der Waals surface area contributed by atoms with Gasteiger partial charge in [0.15, 0.2) is 0 Å². The second-order valence-corrected chi connectivity index (χ2v) is 10.9. The molecule has 0 aliphatic carbocycles. The van der Waals surface area contributed by atoms with Gasteiger partial charge in [-0.25, -0.2) is 0 Å². The molecule has 1 N–H and O–H groups in total. The van der Waals surface area contributed by atoms with Crippen molar-refractivity contribution < 1.29 is 0 Å². The smallest absolute Gasteiger partial charge is 0.0545 e. The van der Waals surface area contributed by atoms with Crippen LogP contribution in [0.1, 0.15) is 52.9 Å². The van der Waals surface area contributed by atoms with Gasteiger partial charge in [-0.05, 0) is 29.5 Å². The normalized spacial score (nSPS) is 13.1. The van der Waals surface area contributed by atoms with Crippen LogP contribution in [0.5, 0.6) is 0 Å². The summed E-state index contributed by atoms with van der Waals surface area (Å²) in [6, 6.07) is 6.40. The zero-order valence-corrected chi connectivity index (χ0v) is 14.4. The summed E-state index contributed by atoms with van der Waals surface area (Å²) in [4.78, 5) is 4.78. The van der Waals surface area contributed by atoms with Crippen molar-refractivity contribution in [3.05, 3.63) is 29.6 Å². The highest BCUT2D eigenvalue weighted by Gasteiger charge is 2.34. The fourth-order valence-corrected chi connectivity index (χ4v) is 6.00. The van der Waals surface area contributed by atoms with E-state index in [1.165, 1.54) is 5.69 Å². The molecule has 0 atom stereocenters. The largest absolute Gasteiger partial charge is 0.314 e. The van der Waals surface area contributed by atoms with E-state index < -0.39 is 0 Å². The maximum Gasteiger partial charge on any atom is 0.0545 e. The number of hydrogen-bond donors (Lipinski definition) is 1. The molecule has 1 heterocycles. The summed E-state index contributed by atoms with van der Waals surface area (Å²) >= 11 is 0. The van der Waals surface area contributed by atoms with Crippen LogP contribution >= 0.6 is 7.92 Å². The minimum absolute atomic E-state index is 0.124. The minimum atomic E-state index is -0.124. The second-order valence-electron chi connectivity index (χ2n) is 7.08. The first-order valence-electron chi connectivity index (χ1n) is 7.02. The third-order valence-corrected chi connectivity index (χ3v) is 7.04. The first-order chi connectivity index (χ1) is 8.64. The van der Waals surface area contributed by atoms with E-state index in [0.29, 0.717) is 10.3 Å². The molecule has 0 fully saturated rings. The highest BCUT2D eigenvalue weighted by molar-refractivity contribution is 7.60. The summed E-state index contributed by atoms with van der Waals surface area (Å²) in [5.41, 5.74) is 2.38. The third-order valence-electron chi connectivity index (χ3n) is 3.16. The van der Waals surface area contributed by atoms with Crippen molar-refractivity contribution in [2.45, 2.75) is 64.6 Å². The van der Waals surface area contributed by atoms with Gasteiger partial charge < -0.3 is 5.32 Å². The van der Waals surface area contributed by atoms with Gasteiger partial charge in [0, 0.05) is 18.4 Å². The van der Waals surface area contributed by atoms with Gasteiger partial charge in [0.1, 0.15) is 0 Å². The van der Waals surface area contributed by atoms with E-state index in [4.69, 9.17) is 4.98 Å². The predicted molar refractivity (Wildman–Crippen MR) is 87.1 cm³/mol. The van der Waals surface area contributed by atoms with Crippen molar-refractivity contribution in [1.29, 1.82) is 0 Å². The lowest BCUT2D eigenvalue weighted by Crippen LogP contribution is -2.26. The monoisotopic (exact) mass is 280 g/mol. The quantitative estimate of drug-likeness (QED) is 0.828. The van der Waals surface area contributed by atoms with E-state index in [-0.39, 0.29) is 7.92 Å². The Labute approximate surface area is 120 Å². The summed E-state index contributed by atoms with van der Waals surface area (Å²) in [6.45, 7) is 15.0. The van der Waals surface area contributed by atoms with Gasteiger partial charge in [-0.3, -0.25) is 4.98 Å². The molecule has 0 saturated carbocycles. The topological polar surface area (TPSA) is 24.9 Å². The van der Waals surface area contributed by atoms with E-state index in [0.717, 1.165) is 18.4 Å². The van der Waals surface area contributed by atoms with E-state index in [2.05, 4.69) is 65.1 Å². The predicted octanol–water partition coefficient (Wildman–Crippen LogP) is 4.38. The van der Waals surface area contributed by atoms with Crippen LogP contribution in [0.2, 0.25) is 0 Å². The molecular formula is C16H29N2P. The molecule has 19 heavy (non-hydrogen) atoms. The van der Waals surface area contributed by atoms with E-state index in [9.17, 15) is 0 Å². The number of rotatable bonds is 4. The molecular weight excluding hydrogens is 251 g/mol. The summed E-state index contributed by atoms with van der Waals surface area (Å²) in [7, 11) is 1.84. The van der Waals surface area contributed by atoms with Crippen molar-refractivity contribution in [1.82, 2.24) is 10.3 Å². The summed E-state index contributed by atoms with van der Waals surface area (Å²) in [6.07, 6.45) is 1.11. The molecule has 3 heteroatoms. The Morgan fingerprint density at radius 3 is 2.00 bits per heavy atom. The molecule has 0 amide bonds. The number of nitrogens with zero attached hydrogens (tertiary/aromatic N) is 1. The fourth-order valence-electron chi connectivity index (χ4n) is 2.54. The summed E-state index contributed by atoms with van der Waals surface area (Å²) in [5.74, 6) is 0. The van der Waals surface area contributed by atoms with Gasteiger partial charge >= 0.3 is 0 Å². The Kier molecular flexibility index (Phi) is 5.53. The van der Waals surface area contributed by atoms with Gasteiger partial charge in [0.05, 0.1) is 5.69 Å². The lowest BCUT2D eigenvalue weighted by Gasteiger charge is -2.41. The fraction of sp³-hybridized carbons (Fsp3) is 0.688. The van der Waals surface area contributed by atoms with Crippen molar-refractivity contribution in [2.24, 2.45) is 0 Å². The van der Waals surface area contributed by atoms with Crippen molar-refractivity contribution in [3.63, 3.8) is 0 Å². The number of aromatic nitrogens is 1. The van der Waals surface area contributed by atoms with Crippen LogP contribution in [0, 0.1) is 0 Å². The molecule has 0 unspecified atom stereocenters. The summed E-state index contributed by atoms with van der Waals surface area (Å²) in [5, 5.41) is 3.88. The Bertz CT molecular complexity index is 388. The lowest BCUT2D eigenvalue weighted by atomic mass is 10.2. The van der Waals surface area contributed by atoms with Crippen LogP contribution in [0.4, 0.5) is 0 Å². The van der Waals surface area contributed by atoms with Crippen LogP contribution < -0.4 is 5.32 Å². The van der Waals surface area contributed by atoms with Crippen LogP contribution in [0.15, 0.2) is 18.2 Å². The van der Waals surface area contributed by atoms with E-state index >= 15 is 0 Å². The maximum absolute atomic E-state index is 4.78. The average Bonchev–Trinajstić information content (AvgIpc) is 2.24. The van der Waals surface area contributed by atoms with Gasteiger partial charge in [-0.15, -0.1) is 0 Å². The molecule has 0 bridgehead atoms. The van der Waals surface area contributed by atoms with E-state index in [1.807, 2.05) is 7.05 Å². The molecule has 0 radical (unpaired) electrons. The SMILES string of the molecule is CNCc1cccc(CP(C(C)(C)C)C(C)(C)C)n1. The molecule has 1 aromatic rings. The lowest BCUT2D eigenvalue weighted by molar-refractivity contribution is 0.700. The van der Waals surface area contributed by atoms with Gasteiger partial charge in [-0.1, -0.05) is 55.5 Å². The standard InChI is InChI=1S/C16H29N2P/c1-15(2,3)19(16(4,5)6)12-14-10-8-9-13(18-14)11-17-7/h8-10,17H,11-12H2,1-7H3. The molecule has 108 valence electrons. The Hall–Kier alpha value is -0.460. The average molecular weight is 280 g/mol. The minimum Gasteiger partial charge on any atom is -0.314 e. The molecule has 0 aliphatic rings. The van der Waals surface area contributed by atoms with Crippen molar-refractivity contribution >= 4 is 7.92 Å².